The van der Waals surface area contributed by atoms with Crippen molar-refractivity contribution in [1.29, 1.82) is 0 Å². The number of amidine groups is 1. The van der Waals surface area contributed by atoms with Crippen LogP contribution in [0.5, 0.6) is 0 Å². The molecule has 114 valence electrons. The number of thioether (sulfide) groups is 1. The van der Waals surface area contributed by atoms with Crippen LogP contribution in [0.1, 0.15) is 33.6 Å². The molecule has 4 heteroatoms. The Kier molecular flexibility index (Phi) is 7.23. The molecule has 0 atom stereocenters. The zero-order valence-electron chi connectivity index (χ0n) is 13.1. The van der Waals surface area contributed by atoms with Crippen molar-refractivity contribution in [2.75, 3.05) is 5.75 Å². The summed E-state index contributed by atoms with van der Waals surface area (Å²) in [6, 6.07) is 0. The molecule has 1 N–H and O–H groups in total. The minimum Gasteiger partial charge on any atom is -0.304 e. The van der Waals surface area contributed by atoms with Gasteiger partial charge in [-0.3, -0.25) is 4.79 Å². The normalized spacial score (nSPS) is 18.2. The van der Waals surface area contributed by atoms with Gasteiger partial charge in [0.2, 0.25) is 5.91 Å². The van der Waals surface area contributed by atoms with E-state index in [9.17, 15) is 4.79 Å². The fourth-order valence-corrected chi connectivity index (χ4v) is 2.66. The molecule has 1 fully saturated rings. The second-order valence-corrected chi connectivity index (χ2v) is 5.99. The average Bonchev–Trinajstić information content (AvgIpc) is 3.25. The molecule has 1 rings (SSSR count). The van der Waals surface area contributed by atoms with E-state index in [4.69, 9.17) is 0 Å². The van der Waals surface area contributed by atoms with Gasteiger partial charge in [-0.1, -0.05) is 55.6 Å². The number of hydrogen-bond donors (Lipinski definition) is 1. The largest absolute Gasteiger partial charge is 0.304 e. The second kappa shape index (κ2) is 8.67. The van der Waals surface area contributed by atoms with Crippen LogP contribution >= 0.6 is 11.8 Å². The van der Waals surface area contributed by atoms with Crippen LogP contribution in [0.15, 0.2) is 53.7 Å². The molecule has 1 amide bonds. The van der Waals surface area contributed by atoms with Gasteiger partial charge in [-0.05, 0) is 38.0 Å². The first-order chi connectivity index (χ1) is 10.1. The lowest BCUT2D eigenvalue weighted by Crippen LogP contribution is -2.36. The fourth-order valence-electron chi connectivity index (χ4n) is 2.07. The van der Waals surface area contributed by atoms with Crippen molar-refractivity contribution >= 4 is 22.8 Å². The molecule has 21 heavy (non-hydrogen) atoms. The lowest BCUT2D eigenvalue weighted by molar-refractivity contribution is -0.123. The van der Waals surface area contributed by atoms with Crippen molar-refractivity contribution in [1.82, 2.24) is 5.32 Å². The van der Waals surface area contributed by atoms with E-state index >= 15 is 0 Å². The Morgan fingerprint density at radius 2 is 2.10 bits per heavy atom. The molecular formula is C17H24N2OS. The van der Waals surface area contributed by atoms with E-state index < -0.39 is 5.41 Å². The molecule has 0 heterocycles. The minimum absolute atomic E-state index is 0.0258. The highest BCUT2D eigenvalue weighted by molar-refractivity contribution is 8.13. The van der Waals surface area contributed by atoms with E-state index in [1.54, 1.807) is 0 Å². The van der Waals surface area contributed by atoms with Gasteiger partial charge in [-0.15, -0.1) is 0 Å². The Balaban J connectivity index is 2.93. The smallest absolute Gasteiger partial charge is 0.236 e. The van der Waals surface area contributed by atoms with Crippen LogP contribution in [0.2, 0.25) is 0 Å². The highest BCUT2D eigenvalue weighted by Crippen LogP contribution is 2.52. The predicted octanol–water partition coefficient (Wildman–Crippen LogP) is 4.21. The molecule has 1 aliphatic rings. The molecule has 0 aromatic rings. The molecule has 1 saturated carbocycles. The van der Waals surface area contributed by atoms with Crippen LogP contribution < -0.4 is 5.32 Å². The van der Waals surface area contributed by atoms with Crippen molar-refractivity contribution in [3.8, 4) is 0 Å². The maximum Gasteiger partial charge on any atom is 0.236 e. The molecule has 0 bridgehead atoms. The van der Waals surface area contributed by atoms with E-state index in [0.717, 1.165) is 24.2 Å². The predicted molar refractivity (Wildman–Crippen MR) is 93.3 cm³/mol. The molecule has 0 aliphatic heterocycles. The summed E-state index contributed by atoms with van der Waals surface area (Å²) in [5.74, 6) is 0.883. The Bertz CT molecular complexity index is 497. The summed E-state index contributed by atoms with van der Waals surface area (Å²) in [5, 5.41) is 3.56. The van der Waals surface area contributed by atoms with Crippen molar-refractivity contribution in [2.24, 2.45) is 10.4 Å². The number of carbonyl (C=O) groups is 1. The van der Waals surface area contributed by atoms with Crippen LogP contribution in [0.3, 0.4) is 0 Å². The van der Waals surface area contributed by atoms with Crippen molar-refractivity contribution < 1.29 is 4.79 Å². The van der Waals surface area contributed by atoms with Crippen LogP contribution in [-0.4, -0.2) is 16.8 Å². The molecule has 0 spiro atoms. The third-order valence-electron chi connectivity index (χ3n) is 3.26. The lowest BCUT2D eigenvalue weighted by atomic mass is 9.93. The fraction of sp³-hybridized carbons (Fsp3) is 0.412. The number of nitrogens with one attached hydrogen (secondary N) is 1. The Morgan fingerprint density at radius 3 is 2.57 bits per heavy atom. The molecule has 0 aromatic carbocycles. The summed E-state index contributed by atoms with van der Waals surface area (Å²) in [6.45, 7) is 9.55. The number of hydrogen-bond acceptors (Lipinski definition) is 3. The second-order valence-electron chi connectivity index (χ2n) is 4.73. The summed E-state index contributed by atoms with van der Waals surface area (Å²) in [6.07, 6.45) is 13.2. The van der Waals surface area contributed by atoms with Gasteiger partial charge in [-0.2, -0.15) is 0 Å². The number of carbonyl (C=O) groups excluding carboxylic acids is 1. The van der Waals surface area contributed by atoms with Gasteiger partial charge >= 0.3 is 0 Å². The van der Waals surface area contributed by atoms with Gasteiger partial charge in [0.15, 0.2) is 5.17 Å². The highest BCUT2D eigenvalue weighted by Gasteiger charge is 2.52. The monoisotopic (exact) mass is 304 g/mol. The first-order valence-corrected chi connectivity index (χ1v) is 8.22. The number of aliphatic imine (C=N–C) groups is 1. The standard InChI is InChI=1S/C17H24N2OS/c1-5-9-11-14(10-6-2)17(12-13-17)15(20)19-16(18-7-3)21-8-4/h5-7,9-11H,3,8,12-13H2,1-2,4H3,(H,18,19,20)/b9-5-,10-6-,14-11+. The number of amides is 1. The average molecular weight is 304 g/mol. The van der Waals surface area contributed by atoms with E-state index in [-0.39, 0.29) is 5.91 Å². The zero-order chi connectivity index (χ0) is 15.7. The summed E-state index contributed by atoms with van der Waals surface area (Å²) >= 11 is 1.51. The van der Waals surface area contributed by atoms with Crippen molar-refractivity contribution in [3.63, 3.8) is 0 Å². The zero-order valence-corrected chi connectivity index (χ0v) is 13.9. The van der Waals surface area contributed by atoms with Crippen LogP contribution in [0, 0.1) is 5.41 Å². The summed E-state index contributed by atoms with van der Waals surface area (Å²) < 4.78 is 0. The van der Waals surface area contributed by atoms with Gasteiger partial charge in [0.1, 0.15) is 0 Å². The molecule has 0 aromatic heterocycles. The summed E-state index contributed by atoms with van der Waals surface area (Å²) in [5.41, 5.74) is 0.655. The third-order valence-corrected chi connectivity index (χ3v) is 4.03. The number of allylic oxidation sites excluding steroid dienone is 5. The molecule has 3 nitrogen and oxygen atoms in total. The third kappa shape index (κ3) is 4.74. The first kappa shape index (κ1) is 17.5. The Morgan fingerprint density at radius 1 is 1.38 bits per heavy atom. The van der Waals surface area contributed by atoms with Gasteiger partial charge in [-0.25, -0.2) is 4.99 Å². The first-order valence-electron chi connectivity index (χ1n) is 7.23. The van der Waals surface area contributed by atoms with Gasteiger partial charge < -0.3 is 5.32 Å². The Labute approximate surface area is 132 Å². The lowest BCUT2D eigenvalue weighted by Gasteiger charge is -2.17. The summed E-state index contributed by atoms with van der Waals surface area (Å²) in [7, 11) is 0. The maximum absolute atomic E-state index is 12.6. The van der Waals surface area contributed by atoms with Crippen LogP contribution in [-0.2, 0) is 4.79 Å². The van der Waals surface area contributed by atoms with E-state index in [1.165, 1.54) is 18.0 Å². The topological polar surface area (TPSA) is 41.5 Å². The van der Waals surface area contributed by atoms with E-state index in [1.807, 2.05) is 51.2 Å². The quantitative estimate of drug-likeness (QED) is 0.453. The maximum atomic E-state index is 12.6. The van der Waals surface area contributed by atoms with E-state index in [2.05, 4.69) is 16.9 Å². The van der Waals surface area contributed by atoms with Crippen LogP contribution in [0.4, 0.5) is 0 Å². The van der Waals surface area contributed by atoms with Crippen molar-refractivity contribution in [3.05, 3.63) is 48.7 Å². The molecular weight excluding hydrogens is 280 g/mol. The van der Waals surface area contributed by atoms with Gasteiger partial charge in [0, 0.05) is 6.20 Å². The molecule has 0 radical (unpaired) electrons. The van der Waals surface area contributed by atoms with Crippen molar-refractivity contribution in [2.45, 2.75) is 33.6 Å². The Hall–Kier alpha value is -1.55. The minimum atomic E-state index is -0.401. The SMILES string of the molecule is C=CN=C(NC(=O)C1(C(/C=C\C)=C/C=C\C)CC1)SCC. The number of nitrogens with zero attached hydrogens (tertiary/aromatic N) is 1. The molecule has 0 unspecified atom stereocenters. The summed E-state index contributed by atoms with van der Waals surface area (Å²) in [4.78, 5) is 16.8. The highest BCUT2D eigenvalue weighted by atomic mass is 32.2. The van der Waals surface area contributed by atoms with E-state index in [0.29, 0.717) is 5.17 Å². The van der Waals surface area contributed by atoms with Crippen LogP contribution in [0.25, 0.3) is 0 Å². The number of rotatable bonds is 6. The van der Waals surface area contributed by atoms with Gasteiger partial charge in [0.05, 0.1) is 5.41 Å². The van der Waals surface area contributed by atoms with Gasteiger partial charge in [0.25, 0.3) is 0 Å². The molecule has 0 saturated heterocycles. The molecule has 1 aliphatic carbocycles.